The van der Waals surface area contributed by atoms with E-state index in [1.54, 1.807) is 0 Å². The summed E-state index contributed by atoms with van der Waals surface area (Å²) in [5.41, 5.74) is 2.21. The molecule has 0 amide bonds. The molecule has 1 atom stereocenters. The van der Waals surface area contributed by atoms with Crippen molar-refractivity contribution in [3.63, 3.8) is 0 Å². The van der Waals surface area contributed by atoms with Gasteiger partial charge in [-0.2, -0.15) is 0 Å². The van der Waals surface area contributed by atoms with Gasteiger partial charge in [0.05, 0.1) is 6.10 Å². The summed E-state index contributed by atoms with van der Waals surface area (Å²) in [7, 11) is -2.92. The third-order valence-corrected chi connectivity index (χ3v) is 3.41. The van der Waals surface area contributed by atoms with E-state index in [-0.39, 0.29) is 18.5 Å². The van der Waals surface area contributed by atoms with Crippen LogP contribution in [0.15, 0.2) is 60.7 Å². The highest BCUT2D eigenvalue weighted by molar-refractivity contribution is 7.32. The molecule has 1 unspecified atom stereocenters. The van der Waals surface area contributed by atoms with Crippen LogP contribution >= 0.6 is 20.7 Å². The minimum absolute atomic E-state index is 0. The summed E-state index contributed by atoms with van der Waals surface area (Å²) in [5, 5.41) is 0. The van der Waals surface area contributed by atoms with Crippen molar-refractivity contribution in [2.24, 2.45) is 0 Å². The predicted molar refractivity (Wildman–Crippen MR) is 83.6 cm³/mol. The van der Waals surface area contributed by atoms with Gasteiger partial charge in [0.1, 0.15) is 0 Å². The first-order chi connectivity index (χ1) is 9.24. The van der Waals surface area contributed by atoms with E-state index in [1.165, 1.54) is 0 Å². The van der Waals surface area contributed by atoms with E-state index in [9.17, 15) is 4.57 Å². The molecular weight excluding hydrogens is 295 g/mol. The van der Waals surface area contributed by atoms with Gasteiger partial charge in [0.15, 0.2) is 0 Å². The lowest BCUT2D eigenvalue weighted by atomic mass is 10.0. The average molecular weight is 313 g/mol. The van der Waals surface area contributed by atoms with Crippen molar-refractivity contribution in [2.45, 2.75) is 18.9 Å². The van der Waals surface area contributed by atoms with Gasteiger partial charge < -0.3 is 9.42 Å². The highest BCUT2D eigenvalue weighted by Gasteiger charge is 2.13. The maximum absolute atomic E-state index is 11.0. The average Bonchev–Trinajstić information content (AvgIpc) is 2.40. The van der Waals surface area contributed by atoms with Gasteiger partial charge in [0.25, 0.3) is 0 Å². The molecule has 0 heterocycles. The summed E-state index contributed by atoms with van der Waals surface area (Å²) in [6, 6.07) is 19.7. The van der Waals surface area contributed by atoms with E-state index in [0.717, 1.165) is 11.1 Å². The second-order valence-corrected chi connectivity index (χ2v) is 5.15. The molecule has 2 aromatic carbocycles. The summed E-state index contributed by atoms with van der Waals surface area (Å²) < 4.78 is 16.1. The Morgan fingerprint density at radius 1 is 0.900 bits per heavy atom. The van der Waals surface area contributed by atoms with Gasteiger partial charge >= 0.3 is 8.25 Å². The summed E-state index contributed by atoms with van der Waals surface area (Å²) in [4.78, 5) is 9.00. The van der Waals surface area contributed by atoms with Crippen LogP contribution in [0.4, 0.5) is 0 Å². The standard InChI is InChI=1S/C15H17O3P.ClH/c16-19(17)18-15(11-13-7-3-1-4-8-13)12-14-9-5-2-6-10-14;/h1-10,15,19H,11-12H2,(H,16,17);1H. The zero-order valence-corrected chi connectivity index (χ0v) is 12.8. The normalized spacial score (nSPS) is 11.9. The Morgan fingerprint density at radius 2 is 1.30 bits per heavy atom. The van der Waals surface area contributed by atoms with Gasteiger partial charge in [-0.05, 0) is 24.0 Å². The third kappa shape index (κ3) is 5.89. The quantitative estimate of drug-likeness (QED) is 0.828. The molecule has 2 rings (SSSR count). The van der Waals surface area contributed by atoms with Crippen LogP contribution in [-0.2, 0) is 21.9 Å². The lowest BCUT2D eigenvalue weighted by molar-refractivity contribution is 0.188. The van der Waals surface area contributed by atoms with Crippen molar-refractivity contribution in [1.29, 1.82) is 0 Å². The molecule has 0 radical (unpaired) electrons. The van der Waals surface area contributed by atoms with Crippen molar-refractivity contribution in [3.8, 4) is 0 Å². The van der Waals surface area contributed by atoms with Crippen LogP contribution in [0.3, 0.4) is 0 Å². The van der Waals surface area contributed by atoms with E-state index < -0.39 is 8.25 Å². The van der Waals surface area contributed by atoms with Gasteiger partial charge in [-0.1, -0.05) is 60.7 Å². The Balaban J connectivity index is 0.00000200. The van der Waals surface area contributed by atoms with Crippen LogP contribution in [0.2, 0.25) is 0 Å². The Bertz CT molecular complexity index is 478. The summed E-state index contributed by atoms with van der Waals surface area (Å²) in [5.74, 6) is 0. The monoisotopic (exact) mass is 312 g/mol. The Labute approximate surface area is 126 Å². The van der Waals surface area contributed by atoms with Crippen LogP contribution in [0.1, 0.15) is 11.1 Å². The molecule has 0 saturated heterocycles. The van der Waals surface area contributed by atoms with Crippen LogP contribution in [-0.4, -0.2) is 11.0 Å². The number of rotatable bonds is 6. The van der Waals surface area contributed by atoms with Gasteiger partial charge in [-0.15, -0.1) is 12.4 Å². The van der Waals surface area contributed by atoms with Crippen molar-refractivity contribution in [2.75, 3.05) is 0 Å². The zero-order chi connectivity index (χ0) is 13.5. The first-order valence-corrected chi connectivity index (χ1v) is 7.48. The molecule has 2 aromatic rings. The molecule has 0 spiro atoms. The predicted octanol–water partition coefficient (Wildman–Crippen LogP) is 3.66. The van der Waals surface area contributed by atoms with Crippen LogP contribution < -0.4 is 0 Å². The molecular formula is C15H18ClO3P. The molecule has 0 aliphatic heterocycles. The van der Waals surface area contributed by atoms with Gasteiger partial charge in [0.2, 0.25) is 0 Å². The maximum Gasteiger partial charge on any atom is 0.316 e. The van der Waals surface area contributed by atoms with E-state index in [4.69, 9.17) is 9.42 Å². The highest BCUT2D eigenvalue weighted by Crippen LogP contribution is 2.23. The molecule has 0 saturated carbocycles. The fourth-order valence-electron chi connectivity index (χ4n) is 2.05. The van der Waals surface area contributed by atoms with Crippen molar-refractivity contribution < 1.29 is 14.0 Å². The Kier molecular flexibility index (Phi) is 7.56. The molecule has 108 valence electrons. The van der Waals surface area contributed by atoms with Crippen LogP contribution in [0.5, 0.6) is 0 Å². The fraction of sp³-hybridized carbons (Fsp3) is 0.200. The number of benzene rings is 2. The minimum Gasteiger partial charge on any atom is -0.326 e. The maximum atomic E-state index is 11.0. The highest BCUT2D eigenvalue weighted by atomic mass is 35.5. The number of hydrogen-bond donors (Lipinski definition) is 1. The van der Waals surface area contributed by atoms with Gasteiger partial charge in [-0.25, -0.2) is 0 Å². The SMILES string of the molecule is Cl.O=[PH](O)OC(Cc1ccccc1)Cc1ccccc1. The molecule has 0 aliphatic carbocycles. The number of hydrogen-bond acceptors (Lipinski definition) is 2. The first-order valence-electron chi connectivity index (χ1n) is 6.21. The molecule has 5 heteroatoms. The Hall–Kier alpha value is -1.12. The minimum atomic E-state index is -2.92. The molecule has 1 N–H and O–H groups in total. The van der Waals surface area contributed by atoms with E-state index in [0.29, 0.717) is 12.8 Å². The van der Waals surface area contributed by atoms with Crippen molar-refractivity contribution >= 4 is 20.7 Å². The van der Waals surface area contributed by atoms with E-state index in [2.05, 4.69) is 0 Å². The van der Waals surface area contributed by atoms with Gasteiger partial charge in [0, 0.05) is 0 Å². The second-order valence-electron chi connectivity index (χ2n) is 4.39. The topological polar surface area (TPSA) is 46.5 Å². The zero-order valence-electron chi connectivity index (χ0n) is 10.9. The van der Waals surface area contributed by atoms with Crippen molar-refractivity contribution in [1.82, 2.24) is 0 Å². The molecule has 0 aliphatic rings. The molecule has 0 bridgehead atoms. The lowest BCUT2D eigenvalue weighted by Gasteiger charge is -2.16. The second kappa shape index (κ2) is 8.93. The summed E-state index contributed by atoms with van der Waals surface area (Å²) in [6.07, 6.45) is 0.987. The molecule has 0 aromatic heterocycles. The third-order valence-electron chi connectivity index (χ3n) is 2.88. The molecule has 3 nitrogen and oxygen atoms in total. The molecule has 0 fully saturated rings. The Morgan fingerprint density at radius 3 is 1.65 bits per heavy atom. The molecule has 20 heavy (non-hydrogen) atoms. The van der Waals surface area contributed by atoms with E-state index >= 15 is 0 Å². The van der Waals surface area contributed by atoms with E-state index in [1.807, 2.05) is 60.7 Å². The smallest absolute Gasteiger partial charge is 0.316 e. The summed E-state index contributed by atoms with van der Waals surface area (Å²) in [6.45, 7) is 0. The van der Waals surface area contributed by atoms with Crippen molar-refractivity contribution in [3.05, 3.63) is 71.8 Å². The fourth-order valence-corrected chi connectivity index (χ4v) is 2.50. The van der Waals surface area contributed by atoms with Gasteiger partial charge in [-0.3, -0.25) is 4.57 Å². The number of halogens is 1. The van der Waals surface area contributed by atoms with Crippen LogP contribution in [0, 0.1) is 0 Å². The first kappa shape index (κ1) is 16.9. The largest absolute Gasteiger partial charge is 0.326 e. The lowest BCUT2D eigenvalue weighted by Crippen LogP contribution is -2.16. The summed E-state index contributed by atoms with van der Waals surface area (Å²) >= 11 is 0. The van der Waals surface area contributed by atoms with Crippen LogP contribution in [0.25, 0.3) is 0 Å².